The molecule has 0 amide bonds. The Bertz CT molecular complexity index is 405. The second-order valence-corrected chi connectivity index (χ2v) is 4.41. The summed E-state index contributed by atoms with van der Waals surface area (Å²) in [6.07, 6.45) is 0. The van der Waals surface area contributed by atoms with E-state index in [4.69, 9.17) is 0 Å². The van der Waals surface area contributed by atoms with Gasteiger partial charge in [0.15, 0.2) is 5.78 Å². The van der Waals surface area contributed by atoms with Crippen molar-refractivity contribution in [3.05, 3.63) is 35.4 Å². The molecule has 0 aliphatic heterocycles. The molecular formula is C12H13NaO3. The summed E-state index contributed by atoms with van der Waals surface area (Å²) in [6, 6.07) is 6.11. The van der Waals surface area contributed by atoms with E-state index in [1.54, 1.807) is 32.9 Å². The Morgan fingerprint density at radius 3 is 1.88 bits per heavy atom. The molecule has 0 atom stereocenters. The van der Waals surface area contributed by atoms with Gasteiger partial charge in [-0.3, -0.25) is 4.79 Å². The van der Waals surface area contributed by atoms with Crippen LogP contribution >= 0.6 is 0 Å². The average Bonchev–Trinajstić information content (AvgIpc) is 2.15. The summed E-state index contributed by atoms with van der Waals surface area (Å²) < 4.78 is 0. The molecule has 0 aliphatic carbocycles. The van der Waals surface area contributed by atoms with E-state index < -0.39 is 11.4 Å². The first-order chi connectivity index (χ1) is 6.84. The molecule has 0 radical (unpaired) electrons. The van der Waals surface area contributed by atoms with Crippen molar-refractivity contribution in [3.63, 3.8) is 0 Å². The molecule has 0 aromatic heterocycles. The Kier molecular flexibility index (Phi) is 5.39. The first-order valence-corrected chi connectivity index (χ1v) is 4.69. The largest absolute Gasteiger partial charge is 1.00 e. The zero-order valence-electron chi connectivity index (χ0n) is 10.0. The fraction of sp³-hybridized carbons (Fsp3) is 0.333. The molecule has 0 aliphatic rings. The van der Waals surface area contributed by atoms with Crippen LogP contribution in [-0.4, -0.2) is 11.8 Å². The maximum absolute atomic E-state index is 11.9. The van der Waals surface area contributed by atoms with Crippen LogP contribution in [0.1, 0.15) is 41.5 Å². The molecular weight excluding hydrogens is 215 g/mol. The van der Waals surface area contributed by atoms with Gasteiger partial charge in [0.2, 0.25) is 0 Å². The number of benzene rings is 1. The SMILES string of the molecule is CC(C)(C)C(=O)c1ccccc1C(=O)[O-].[Na+]. The van der Waals surface area contributed by atoms with Gasteiger partial charge in [0.1, 0.15) is 0 Å². The van der Waals surface area contributed by atoms with Gasteiger partial charge < -0.3 is 9.90 Å². The zero-order valence-corrected chi connectivity index (χ0v) is 12.0. The molecule has 0 spiro atoms. The van der Waals surface area contributed by atoms with Crippen LogP contribution in [0.5, 0.6) is 0 Å². The van der Waals surface area contributed by atoms with Crippen LogP contribution in [0.15, 0.2) is 24.3 Å². The summed E-state index contributed by atoms with van der Waals surface area (Å²) in [7, 11) is 0. The van der Waals surface area contributed by atoms with E-state index in [9.17, 15) is 14.7 Å². The summed E-state index contributed by atoms with van der Waals surface area (Å²) in [5.74, 6) is -1.51. The van der Waals surface area contributed by atoms with E-state index >= 15 is 0 Å². The molecule has 0 fully saturated rings. The number of carboxylic acids is 1. The number of carbonyl (C=O) groups is 2. The molecule has 80 valence electrons. The van der Waals surface area contributed by atoms with Crippen LogP contribution in [0.2, 0.25) is 0 Å². The predicted molar refractivity (Wildman–Crippen MR) is 54.6 cm³/mol. The van der Waals surface area contributed by atoms with E-state index in [-0.39, 0.29) is 46.5 Å². The van der Waals surface area contributed by atoms with Gasteiger partial charge in [-0.05, 0) is 0 Å². The van der Waals surface area contributed by atoms with Gasteiger partial charge in [0.05, 0.1) is 5.97 Å². The summed E-state index contributed by atoms with van der Waals surface area (Å²) >= 11 is 0. The van der Waals surface area contributed by atoms with Crippen LogP contribution in [0.25, 0.3) is 0 Å². The summed E-state index contributed by atoms with van der Waals surface area (Å²) in [5.41, 5.74) is -0.423. The molecule has 1 aromatic carbocycles. The summed E-state index contributed by atoms with van der Waals surface area (Å²) in [6.45, 7) is 5.25. The Balaban J connectivity index is 0.00000225. The van der Waals surface area contributed by atoms with Crippen molar-refractivity contribution in [2.75, 3.05) is 0 Å². The first kappa shape index (κ1) is 15.4. The van der Waals surface area contributed by atoms with Gasteiger partial charge in [-0.25, -0.2) is 0 Å². The van der Waals surface area contributed by atoms with Crippen molar-refractivity contribution in [3.8, 4) is 0 Å². The fourth-order valence-electron chi connectivity index (χ4n) is 1.26. The second-order valence-electron chi connectivity index (χ2n) is 4.41. The van der Waals surface area contributed by atoms with Gasteiger partial charge in [0, 0.05) is 16.5 Å². The number of ketones is 1. The molecule has 0 saturated carbocycles. The molecule has 1 rings (SSSR count). The Hall–Kier alpha value is -0.640. The van der Waals surface area contributed by atoms with E-state index in [2.05, 4.69) is 0 Å². The smallest absolute Gasteiger partial charge is 0.545 e. The molecule has 3 nitrogen and oxygen atoms in total. The van der Waals surface area contributed by atoms with Gasteiger partial charge >= 0.3 is 29.6 Å². The zero-order chi connectivity index (χ0) is 11.6. The summed E-state index contributed by atoms with van der Waals surface area (Å²) in [5, 5.41) is 10.8. The topological polar surface area (TPSA) is 57.2 Å². The maximum atomic E-state index is 11.9. The minimum Gasteiger partial charge on any atom is -0.545 e. The van der Waals surface area contributed by atoms with Crippen molar-refractivity contribution >= 4 is 11.8 Å². The first-order valence-electron chi connectivity index (χ1n) is 4.69. The standard InChI is InChI=1S/C12H14O3.Na/c1-12(2,3)10(13)8-6-4-5-7-9(8)11(14)15;/h4-7H,1-3H3,(H,14,15);/q;+1/p-1. The molecule has 4 heteroatoms. The average molecular weight is 228 g/mol. The van der Waals surface area contributed by atoms with Crippen LogP contribution < -0.4 is 34.7 Å². The number of rotatable bonds is 2. The van der Waals surface area contributed by atoms with Crippen LogP contribution in [-0.2, 0) is 0 Å². The van der Waals surface area contributed by atoms with Gasteiger partial charge in [-0.1, -0.05) is 45.0 Å². The summed E-state index contributed by atoms with van der Waals surface area (Å²) in [4.78, 5) is 22.7. The molecule has 0 bridgehead atoms. The van der Waals surface area contributed by atoms with Crippen molar-refractivity contribution in [2.45, 2.75) is 20.8 Å². The van der Waals surface area contributed by atoms with E-state index in [0.29, 0.717) is 0 Å². The van der Waals surface area contributed by atoms with Crippen molar-refractivity contribution in [2.24, 2.45) is 5.41 Å². The molecule has 0 unspecified atom stereocenters. The number of carboxylic acid groups (broad SMARTS) is 1. The number of hydrogen-bond acceptors (Lipinski definition) is 3. The van der Waals surface area contributed by atoms with Crippen molar-refractivity contribution in [1.82, 2.24) is 0 Å². The van der Waals surface area contributed by atoms with Gasteiger partial charge in [-0.15, -0.1) is 0 Å². The maximum Gasteiger partial charge on any atom is 1.00 e. The molecule has 16 heavy (non-hydrogen) atoms. The van der Waals surface area contributed by atoms with Crippen molar-refractivity contribution in [1.29, 1.82) is 0 Å². The van der Waals surface area contributed by atoms with E-state index in [1.807, 2.05) is 0 Å². The minimum atomic E-state index is -1.32. The third-order valence-corrected chi connectivity index (χ3v) is 2.07. The van der Waals surface area contributed by atoms with E-state index in [0.717, 1.165) is 0 Å². The van der Waals surface area contributed by atoms with Crippen molar-refractivity contribution < 1.29 is 44.3 Å². The number of Topliss-reactive ketones (excluding diaryl/α,β-unsaturated/α-hetero) is 1. The predicted octanol–water partition coefficient (Wildman–Crippen LogP) is -1.72. The van der Waals surface area contributed by atoms with Crippen LogP contribution in [0.4, 0.5) is 0 Å². The Labute approximate surface area is 117 Å². The normalized spacial score (nSPS) is 10.4. The van der Waals surface area contributed by atoms with Gasteiger partial charge in [-0.2, -0.15) is 0 Å². The molecule has 0 saturated heterocycles. The minimum absolute atomic E-state index is 0. The number of carbonyl (C=O) groups excluding carboxylic acids is 2. The second kappa shape index (κ2) is 5.62. The third kappa shape index (κ3) is 3.44. The number of hydrogen-bond donors (Lipinski definition) is 0. The third-order valence-electron chi connectivity index (χ3n) is 2.07. The number of aromatic carboxylic acids is 1. The monoisotopic (exact) mass is 228 g/mol. The van der Waals surface area contributed by atoms with Crippen LogP contribution in [0, 0.1) is 5.41 Å². The fourth-order valence-corrected chi connectivity index (χ4v) is 1.26. The molecule has 1 aromatic rings. The Morgan fingerprint density at radius 1 is 1.06 bits per heavy atom. The quantitative estimate of drug-likeness (QED) is 0.447. The Morgan fingerprint density at radius 2 is 1.50 bits per heavy atom. The van der Waals surface area contributed by atoms with E-state index in [1.165, 1.54) is 12.1 Å². The van der Waals surface area contributed by atoms with Gasteiger partial charge in [0.25, 0.3) is 0 Å². The molecule has 0 heterocycles. The van der Waals surface area contributed by atoms with Crippen LogP contribution in [0.3, 0.4) is 0 Å². The molecule has 0 N–H and O–H groups in total.